The summed E-state index contributed by atoms with van der Waals surface area (Å²) in [4.78, 5) is 40.2. The minimum Gasteiger partial charge on any atom is -0.337 e. The minimum absolute atomic E-state index is 0.102. The molecule has 128 valence electrons. The second-order valence-electron chi connectivity index (χ2n) is 6.80. The molecule has 0 unspecified atom stereocenters. The molecule has 0 aromatic heterocycles. The van der Waals surface area contributed by atoms with Crippen LogP contribution in [0.5, 0.6) is 0 Å². The molecule has 1 aliphatic carbocycles. The Labute approximate surface area is 137 Å². The molecule has 23 heavy (non-hydrogen) atoms. The Bertz CT molecular complexity index is 531. The summed E-state index contributed by atoms with van der Waals surface area (Å²) in [7, 11) is 0. The third kappa shape index (κ3) is 3.26. The predicted octanol–water partition coefficient (Wildman–Crippen LogP) is 1.91. The number of rotatable bonds is 5. The van der Waals surface area contributed by atoms with Gasteiger partial charge < -0.3 is 10.2 Å². The van der Waals surface area contributed by atoms with Crippen LogP contribution in [-0.4, -0.2) is 52.8 Å². The zero-order valence-corrected chi connectivity index (χ0v) is 14.4. The number of nitrogens with zero attached hydrogens (tertiary/aromatic N) is 2. The van der Waals surface area contributed by atoms with Crippen LogP contribution in [0.2, 0.25) is 0 Å². The van der Waals surface area contributed by atoms with E-state index in [1.54, 1.807) is 4.90 Å². The van der Waals surface area contributed by atoms with Gasteiger partial charge in [0.15, 0.2) is 0 Å². The van der Waals surface area contributed by atoms with Crippen LogP contribution in [0.25, 0.3) is 0 Å². The van der Waals surface area contributed by atoms with Crippen molar-refractivity contribution in [1.29, 1.82) is 0 Å². The first-order chi connectivity index (χ1) is 10.8. The molecule has 0 aromatic carbocycles. The summed E-state index contributed by atoms with van der Waals surface area (Å²) >= 11 is 0. The van der Waals surface area contributed by atoms with Crippen molar-refractivity contribution in [2.45, 2.75) is 52.0 Å². The van der Waals surface area contributed by atoms with Gasteiger partial charge in [0.1, 0.15) is 12.1 Å². The lowest BCUT2D eigenvalue weighted by Crippen LogP contribution is -2.54. The smallest absolute Gasteiger partial charge is 0.325 e. The summed E-state index contributed by atoms with van der Waals surface area (Å²) in [6, 6.07) is -0.441. The van der Waals surface area contributed by atoms with E-state index in [1.807, 2.05) is 20.8 Å². The van der Waals surface area contributed by atoms with E-state index >= 15 is 0 Å². The highest BCUT2D eigenvalue weighted by atomic mass is 16.2. The van der Waals surface area contributed by atoms with Crippen LogP contribution in [0.3, 0.4) is 0 Å². The van der Waals surface area contributed by atoms with Gasteiger partial charge >= 0.3 is 6.03 Å². The number of amides is 4. The summed E-state index contributed by atoms with van der Waals surface area (Å²) in [6.45, 7) is 10.3. The Kier molecular flexibility index (Phi) is 5.12. The normalized spacial score (nSPS) is 27.3. The molecule has 2 fully saturated rings. The molecular formula is C17H27N3O3. The zero-order chi connectivity index (χ0) is 17.2. The fourth-order valence-corrected chi connectivity index (χ4v) is 3.58. The van der Waals surface area contributed by atoms with E-state index in [-0.39, 0.29) is 24.3 Å². The number of imide groups is 1. The van der Waals surface area contributed by atoms with Crippen LogP contribution in [0.1, 0.15) is 46.5 Å². The second kappa shape index (κ2) is 6.72. The van der Waals surface area contributed by atoms with Crippen molar-refractivity contribution in [3.8, 4) is 0 Å². The van der Waals surface area contributed by atoms with Gasteiger partial charge in [-0.25, -0.2) is 4.79 Å². The molecule has 0 radical (unpaired) electrons. The quantitative estimate of drug-likeness (QED) is 0.621. The van der Waals surface area contributed by atoms with E-state index in [0.717, 1.165) is 29.7 Å². The second-order valence-corrected chi connectivity index (χ2v) is 6.80. The number of likely N-dealkylation sites (N-methyl/N-ethyl adjacent to an activating group) is 1. The zero-order valence-electron chi connectivity index (χ0n) is 14.4. The van der Waals surface area contributed by atoms with Crippen molar-refractivity contribution >= 4 is 17.8 Å². The molecule has 0 bridgehead atoms. The van der Waals surface area contributed by atoms with E-state index < -0.39 is 11.6 Å². The third-order valence-electron chi connectivity index (χ3n) is 4.99. The summed E-state index contributed by atoms with van der Waals surface area (Å²) in [5, 5.41) is 2.87. The standard InChI is InChI=1S/C17H27N3O3/c1-5-19(10-12(2)3)14(21)11-20-15(22)17(18-16(20)23)9-7-6-8-13(17)4/h13H,2,5-11H2,1,3-4H3,(H,18,23)/t13-,17-/m0/s1. The SMILES string of the molecule is C=C(C)CN(CC)C(=O)CN1C(=O)N[C@]2(CCCC[C@@H]2C)C1=O. The van der Waals surface area contributed by atoms with Crippen molar-refractivity contribution < 1.29 is 14.4 Å². The minimum atomic E-state index is -0.805. The van der Waals surface area contributed by atoms with Crippen LogP contribution >= 0.6 is 0 Å². The molecule has 6 nitrogen and oxygen atoms in total. The first-order valence-corrected chi connectivity index (χ1v) is 8.38. The number of urea groups is 1. The van der Waals surface area contributed by atoms with Crippen LogP contribution in [0.4, 0.5) is 4.79 Å². The van der Waals surface area contributed by atoms with E-state index in [1.165, 1.54) is 0 Å². The summed E-state index contributed by atoms with van der Waals surface area (Å²) < 4.78 is 0. The first-order valence-electron chi connectivity index (χ1n) is 8.38. The highest BCUT2D eigenvalue weighted by Gasteiger charge is 2.55. The summed E-state index contributed by atoms with van der Waals surface area (Å²) in [5.74, 6) is -0.362. The Balaban J connectivity index is 2.11. The Morgan fingerprint density at radius 1 is 1.43 bits per heavy atom. The highest BCUT2D eigenvalue weighted by Crippen LogP contribution is 2.38. The molecule has 2 atom stereocenters. The fraction of sp³-hybridized carbons (Fsp3) is 0.706. The molecule has 1 N–H and O–H groups in total. The van der Waals surface area contributed by atoms with Crippen LogP contribution in [0.15, 0.2) is 12.2 Å². The van der Waals surface area contributed by atoms with E-state index in [2.05, 4.69) is 11.9 Å². The van der Waals surface area contributed by atoms with Gasteiger partial charge in [-0.3, -0.25) is 14.5 Å². The van der Waals surface area contributed by atoms with Crippen molar-refractivity contribution in [2.75, 3.05) is 19.6 Å². The lowest BCUT2D eigenvalue weighted by Gasteiger charge is -2.36. The number of carbonyl (C=O) groups is 3. The largest absolute Gasteiger partial charge is 0.337 e. The molecular weight excluding hydrogens is 294 g/mol. The van der Waals surface area contributed by atoms with Gasteiger partial charge in [-0.1, -0.05) is 31.9 Å². The molecule has 1 saturated heterocycles. The molecule has 6 heteroatoms. The molecule has 2 rings (SSSR count). The number of hydrogen-bond donors (Lipinski definition) is 1. The number of hydrogen-bond acceptors (Lipinski definition) is 3. The van der Waals surface area contributed by atoms with Gasteiger partial charge in [-0.15, -0.1) is 0 Å². The van der Waals surface area contributed by atoms with Crippen molar-refractivity contribution in [1.82, 2.24) is 15.1 Å². The van der Waals surface area contributed by atoms with Crippen molar-refractivity contribution in [3.05, 3.63) is 12.2 Å². The fourth-order valence-electron chi connectivity index (χ4n) is 3.58. The third-order valence-corrected chi connectivity index (χ3v) is 4.99. The molecule has 1 aliphatic heterocycles. The first kappa shape index (κ1) is 17.5. The molecule has 1 saturated carbocycles. The highest BCUT2D eigenvalue weighted by molar-refractivity contribution is 6.09. The van der Waals surface area contributed by atoms with Gasteiger partial charge in [-0.2, -0.15) is 0 Å². The van der Waals surface area contributed by atoms with Crippen molar-refractivity contribution in [2.24, 2.45) is 5.92 Å². The molecule has 1 heterocycles. The van der Waals surface area contributed by atoms with Gasteiger partial charge in [0.05, 0.1) is 0 Å². The molecule has 0 aromatic rings. The average Bonchev–Trinajstić information content (AvgIpc) is 2.73. The van der Waals surface area contributed by atoms with Gasteiger partial charge in [0.25, 0.3) is 5.91 Å². The maximum atomic E-state index is 12.8. The lowest BCUT2D eigenvalue weighted by atomic mass is 9.73. The number of carbonyl (C=O) groups excluding carboxylic acids is 3. The summed E-state index contributed by atoms with van der Waals surface area (Å²) in [6.07, 6.45) is 3.58. The Morgan fingerprint density at radius 3 is 2.70 bits per heavy atom. The number of nitrogens with one attached hydrogen (secondary N) is 1. The maximum Gasteiger partial charge on any atom is 0.325 e. The van der Waals surface area contributed by atoms with Crippen LogP contribution < -0.4 is 5.32 Å². The average molecular weight is 321 g/mol. The monoisotopic (exact) mass is 321 g/mol. The van der Waals surface area contributed by atoms with E-state index in [9.17, 15) is 14.4 Å². The van der Waals surface area contributed by atoms with E-state index in [0.29, 0.717) is 19.5 Å². The Hall–Kier alpha value is -1.85. The van der Waals surface area contributed by atoms with Gasteiger partial charge in [0.2, 0.25) is 5.91 Å². The van der Waals surface area contributed by atoms with Crippen molar-refractivity contribution in [3.63, 3.8) is 0 Å². The van der Waals surface area contributed by atoms with Crippen LogP contribution in [0, 0.1) is 5.92 Å². The van der Waals surface area contributed by atoms with Gasteiger partial charge in [0, 0.05) is 13.1 Å². The lowest BCUT2D eigenvalue weighted by molar-refractivity contribution is -0.140. The predicted molar refractivity (Wildman–Crippen MR) is 87.7 cm³/mol. The maximum absolute atomic E-state index is 12.8. The van der Waals surface area contributed by atoms with Gasteiger partial charge in [-0.05, 0) is 32.6 Å². The van der Waals surface area contributed by atoms with E-state index in [4.69, 9.17) is 0 Å². The molecule has 2 aliphatic rings. The molecule has 4 amide bonds. The Morgan fingerprint density at radius 2 is 2.13 bits per heavy atom. The summed E-state index contributed by atoms with van der Waals surface area (Å²) in [5.41, 5.74) is 0.0656. The molecule has 1 spiro atoms. The van der Waals surface area contributed by atoms with Crippen LogP contribution in [-0.2, 0) is 9.59 Å². The topological polar surface area (TPSA) is 69.7 Å².